The van der Waals surface area contributed by atoms with Crippen molar-refractivity contribution < 1.29 is 0 Å². The zero-order valence-corrected chi connectivity index (χ0v) is 13.1. The van der Waals surface area contributed by atoms with E-state index in [1.54, 1.807) is 0 Å². The molecule has 3 nitrogen and oxygen atoms in total. The Hall–Kier alpha value is -1.32. The largest absolute Gasteiger partial charge is 0.306 e. The molecule has 0 amide bonds. The van der Waals surface area contributed by atoms with Crippen LogP contribution in [-0.4, -0.2) is 9.78 Å². The van der Waals surface area contributed by atoms with E-state index in [0.717, 1.165) is 24.4 Å². The Morgan fingerprint density at radius 1 is 1.25 bits per heavy atom. The van der Waals surface area contributed by atoms with Crippen LogP contribution in [0.3, 0.4) is 0 Å². The van der Waals surface area contributed by atoms with Gasteiger partial charge in [-0.25, -0.2) is 0 Å². The van der Waals surface area contributed by atoms with Crippen LogP contribution in [0.1, 0.15) is 43.1 Å². The Balaban J connectivity index is 2.05. The summed E-state index contributed by atoms with van der Waals surface area (Å²) in [6.45, 7) is 5.18. The number of aromatic nitrogens is 2. The molecule has 1 aromatic carbocycles. The lowest BCUT2D eigenvalue weighted by atomic mass is 10.0. The van der Waals surface area contributed by atoms with Gasteiger partial charge in [-0.2, -0.15) is 5.10 Å². The van der Waals surface area contributed by atoms with Crippen LogP contribution in [0.2, 0.25) is 5.02 Å². The highest BCUT2D eigenvalue weighted by Gasteiger charge is 2.11. The third-order valence-electron chi connectivity index (χ3n) is 3.55. The van der Waals surface area contributed by atoms with Gasteiger partial charge in [-0.1, -0.05) is 37.6 Å². The van der Waals surface area contributed by atoms with E-state index in [2.05, 4.69) is 42.6 Å². The van der Waals surface area contributed by atoms with E-state index in [0.29, 0.717) is 6.04 Å². The molecule has 1 aromatic heterocycles. The lowest BCUT2D eigenvalue weighted by molar-refractivity contribution is 0.517. The van der Waals surface area contributed by atoms with Gasteiger partial charge in [0, 0.05) is 36.4 Å². The van der Waals surface area contributed by atoms with Gasteiger partial charge in [-0.05, 0) is 30.5 Å². The number of hydrogen-bond donors (Lipinski definition) is 1. The van der Waals surface area contributed by atoms with Crippen molar-refractivity contribution in [3.05, 3.63) is 52.3 Å². The van der Waals surface area contributed by atoms with Gasteiger partial charge in [0.05, 0.1) is 5.69 Å². The summed E-state index contributed by atoms with van der Waals surface area (Å²) in [7, 11) is 1.97. The Morgan fingerprint density at radius 3 is 2.55 bits per heavy atom. The Bertz CT molecular complexity index is 545. The lowest BCUT2D eigenvalue weighted by Crippen LogP contribution is -2.20. The maximum Gasteiger partial charge on any atom is 0.0666 e. The summed E-state index contributed by atoms with van der Waals surface area (Å²) < 4.78 is 1.89. The van der Waals surface area contributed by atoms with E-state index < -0.39 is 0 Å². The summed E-state index contributed by atoms with van der Waals surface area (Å²) in [6.07, 6.45) is 4.11. The predicted octanol–water partition coefficient (Wildman–Crippen LogP) is 3.88. The van der Waals surface area contributed by atoms with E-state index in [1.165, 1.54) is 16.8 Å². The normalized spacial score (nSPS) is 12.6. The molecule has 0 aliphatic carbocycles. The molecule has 0 radical (unpaired) electrons. The van der Waals surface area contributed by atoms with Gasteiger partial charge in [-0.15, -0.1) is 0 Å². The maximum atomic E-state index is 5.94. The van der Waals surface area contributed by atoms with Gasteiger partial charge in [-0.3, -0.25) is 4.68 Å². The van der Waals surface area contributed by atoms with Crippen molar-refractivity contribution in [1.82, 2.24) is 15.1 Å². The first-order valence-corrected chi connectivity index (χ1v) is 7.52. The Labute approximate surface area is 126 Å². The highest BCUT2D eigenvalue weighted by Crippen LogP contribution is 2.20. The molecular formula is C16H22ClN3. The third-order valence-corrected chi connectivity index (χ3v) is 3.80. The molecule has 2 aromatic rings. The molecule has 1 unspecified atom stereocenters. The average Bonchev–Trinajstić information content (AvgIpc) is 2.81. The van der Waals surface area contributed by atoms with Gasteiger partial charge >= 0.3 is 0 Å². The van der Waals surface area contributed by atoms with Crippen molar-refractivity contribution in [3.8, 4) is 0 Å². The molecule has 20 heavy (non-hydrogen) atoms. The minimum atomic E-state index is 0.345. The number of aryl methyl sites for hydroxylation is 2. The predicted molar refractivity (Wildman–Crippen MR) is 83.9 cm³/mol. The number of nitrogens with zero attached hydrogens (tertiary/aromatic N) is 2. The topological polar surface area (TPSA) is 29.9 Å². The molecule has 0 spiro atoms. The van der Waals surface area contributed by atoms with Gasteiger partial charge in [0.15, 0.2) is 0 Å². The zero-order chi connectivity index (χ0) is 14.5. The van der Waals surface area contributed by atoms with E-state index >= 15 is 0 Å². The van der Waals surface area contributed by atoms with Gasteiger partial charge in [0.2, 0.25) is 0 Å². The van der Waals surface area contributed by atoms with E-state index in [4.69, 9.17) is 11.6 Å². The summed E-state index contributed by atoms with van der Waals surface area (Å²) in [4.78, 5) is 0. The lowest BCUT2D eigenvalue weighted by Gasteiger charge is -2.17. The zero-order valence-electron chi connectivity index (χ0n) is 12.4. The fraction of sp³-hybridized carbons (Fsp3) is 0.438. The first-order valence-electron chi connectivity index (χ1n) is 7.14. The minimum Gasteiger partial charge on any atom is -0.306 e. The molecule has 0 aliphatic heterocycles. The van der Waals surface area contributed by atoms with Gasteiger partial charge in [0.25, 0.3) is 0 Å². The van der Waals surface area contributed by atoms with Crippen LogP contribution in [0.4, 0.5) is 0 Å². The number of halogens is 1. The Kier molecular flexibility index (Phi) is 5.21. The van der Waals surface area contributed by atoms with Crippen molar-refractivity contribution in [1.29, 1.82) is 0 Å². The molecule has 0 saturated carbocycles. The molecule has 0 saturated heterocycles. The molecule has 108 valence electrons. The second-order valence-corrected chi connectivity index (χ2v) is 5.46. The van der Waals surface area contributed by atoms with Crippen LogP contribution in [-0.2, 0) is 20.0 Å². The monoisotopic (exact) mass is 291 g/mol. The Morgan fingerprint density at radius 2 is 1.95 bits per heavy atom. The van der Waals surface area contributed by atoms with Crippen LogP contribution in [0, 0.1) is 0 Å². The molecule has 4 heteroatoms. The van der Waals surface area contributed by atoms with E-state index in [9.17, 15) is 0 Å². The molecule has 1 heterocycles. The molecule has 1 atom stereocenters. The van der Waals surface area contributed by atoms with Crippen LogP contribution in [0.15, 0.2) is 30.5 Å². The highest BCUT2D eigenvalue weighted by atomic mass is 35.5. The number of nitrogens with one attached hydrogen (secondary N) is 1. The quantitative estimate of drug-likeness (QED) is 0.875. The SMILES string of the molecule is CCc1nn(C)cc1CNC(CC)c1ccc(Cl)cc1. The highest BCUT2D eigenvalue weighted by molar-refractivity contribution is 6.30. The molecular weight excluding hydrogens is 270 g/mol. The summed E-state index contributed by atoms with van der Waals surface area (Å²) >= 11 is 5.94. The molecule has 0 aliphatic rings. The van der Waals surface area contributed by atoms with Crippen LogP contribution in [0.5, 0.6) is 0 Å². The van der Waals surface area contributed by atoms with Crippen molar-refractivity contribution in [3.63, 3.8) is 0 Å². The standard InChI is InChI=1S/C16H22ClN3/c1-4-15(12-6-8-14(17)9-7-12)18-10-13-11-20(3)19-16(13)5-2/h6-9,11,15,18H,4-5,10H2,1-3H3. The fourth-order valence-electron chi connectivity index (χ4n) is 2.46. The van der Waals surface area contributed by atoms with Crippen LogP contribution >= 0.6 is 11.6 Å². The summed E-state index contributed by atoms with van der Waals surface area (Å²) in [6, 6.07) is 8.42. The first kappa shape index (κ1) is 15.1. The van der Waals surface area contributed by atoms with Crippen molar-refractivity contribution in [2.45, 2.75) is 39.3 Å². The van der Waals surface area contributed by atoms with Crippen molar-refractivity contribution in [2.24, 2.45) is 7.05 Å². The number of benzene rings is 1. The smallest absolute Gasteiger partial charge is 0.0666 e. The molecule has 0 fully saturated rings. The maximum absolute atomic E-state index is 5.94. The average molecular weight is 292 g/mol. The fourth-order valence-corrected chi connectivity index (χ4v) is 2.58. The van der Waals surface area contributed by atoms with Gasteiger partial charge < -0.3 is 5.32 Å². The molecule has 0 bridgehead atoms. The number of rotatable bonds is 6. The summed E-state index contributed by atoms with van der Waals surface area (Å²) in [5.74, 6) is 0. The van der Waals surface area contributed by atoms with Gasteiger partial charge in [0.1, 0.15) is 0 Å². The van der Waals surface area contributed by atoms with Crippen molar-refractivity contribution in [2.75, 3.05) is 0 Å². The first-order chi connectivity index (χ1) is 9.63. The van der Waals surface area contributed by atoms with E-state index in [-0.39, 0.29) is 0 Å². The summed E-state index contributed by atoms with van der Waals surface area (Å²) in [5.41, 5.74) is 3.73. The second kappa shape index (κ2) is 6.91. The molecule has 2 rings (SSSR count). The molecule has 1 N–H and O–H groups in total. The van der Waals surface area contributed by atoms with E-state index in [1.807, 2.05) is 23.9 Å². The van der Waals surface area contributed by atoms with Crippen molar-refractivity contribution >= 4 is 11.6 Å². The summed E-state index contributed by atoms with van der Waals surface area (Å²) in [5, 5.41) is 8.87. The number of hydrogen-bond acceptors (Lipinski definition) is 2. The minimum absolute atomic E-state index is 0.345. The van der Waals surface area contributed by atoms with Crippen LogP contribution in [0.25, 0.3) is 0 Å². The third kappa shape index (κ3) is 3.62. The van der Waals surface area contributed by atoms with Crippen LogP contribution < -0.4 is 5.32 Å². The second-order valence-electron chi connectivity index (χ2n) is 5.02.